The fourth-order valence-electron chi connectivity index (χ4n) is 10.9. The van der Waals surface area contributed by atoms with Crippen LogP contribution in [0.4, 0.5) is 0 Å². The molecule has 3 saturated carbocycles. The van der Waals surface area contributed by atoms with Gasteiger partial charge in [-0.3, -0.25) is 0 Å². The second-order valence-electron chi connectivity index (χ2n) is 15.9. The molecule has 0 amide bonds. The molecule has 0 N–H and O–H groups in total. The summed E-state index contributed by atoms with van der Waals surface area (Å²) in [4.78, 5) is 0. The molecule has 0 aliphatic heterocycles. The van der Waals surface area contributed by atoms with Gasteiger partial charge in [0.2, 0.25) is 0 Å². The van der Waals surface area contributed by atoms with Crippen molar-refractivity contribution in [3.8, 4) is 0 Å². The molecule has 3 aromatic rings. The highest BCUT2D eigenvalue weighted by Crippen LogP contribution is 2.60. The van der Waals surface area contributed by atoms with Crippen molar-refractivity contribution in [1.82, 2.24) is 0 Å². The highest BCUT2D eigenvalue weighted by molar-refractivity contribution is 7.11. The number of hydrogen-bond acceptors (Lipinski definition) is 0. The van der Waals surface area contributed by atoms with E-state index in [2.05, 4.69) is 112 Å². The van der Waals surface area contributed by atoms with Crippen LogP contribution in [0.1, 0.15) is 115 Å². The van der Waals surface area contributed by atoms with E-state index < -0.39 is 16.1 Å². The predicted octanol–water partition coefficient (Wildman–Crippen LogP) is 11.5. The van der Waals surface area contributed by atoms with Crippen molar-refractivity contribution in [3.63, 3.8) is 0 Å². The Morgan fingerprint density at radius 1 is 0.500 bits per heavy atom. The van der Waals surface area contributed by atoms with Gasteiger partial charge < -0.3 is 0 Å². The Hall–Kier alpha value is -2.43. The van der Waals surface area contributed by atoms with Crippen molar-refractivity contribution in [2.45, 2.75) is 138 Å². The maximum absolute atomic E-state index is 4.61. The summed E-state index contributed by atoms with van der Waals surface area (Å²) < 4.78 is 0. The van der Waals surface area contributed by atoms with Crippen molar-refractivity contribution in [2.24, 2.45) is 0 Å². The zero-order valence-electron chi connectivity index (χ0n) is 29.1. The lowest BCUT2D eigenvalue weighted by Crippen LogP contribution is -2.67. The quantitative estimate of drug-likeness (QED) is 0.111. The molecule has 0 unspecified atom stereocenters. The smallest absolute Gasteiger partial charge is 0.100 e. The van der Waals surface area contributed by atoms with E-state index in [9.17, 15) is 0 Å². The summed E-state index contributed by atoms with van der Waals surface area (Å²) >= 11 is 0. The summed E-state index contributed by atoms with van der Waals surface area (Å²) in [7, 11) is -3.77. The molecule has 3 aliphatic carbocycles. The van der Waals surface area contributed by atoms with E-state index >= 15 is 0 Å². The van der Waals surface area contributed by atoms with Crippen LogP contribution >= 0.6 is 0 Å². The van der Waals surface area contributed by atoms with Crippen molar-refractivity contribution in [2.75, 3.05) is 0 Å². The normalized spacial score (nSPS) is 22.0. The first-order valence-corrected chi connectivity index (χ1v) is 23.6. The first-order valence-electron chi connectivity index (χ1n) is 18.9. The summed E-state index contributed by atoms with van der Waals surface area (Å²) in [5.74, 6) is 0.713. The third-order valence-corrected chi connectivity index (χ3v) is 25.4. The van der Waals surface area contributed by atoms with Crippen LogP contribution in [0, 0.1) is 0 Å². The standard InChI is InChI=1S/C44H60Si2/c1-35(2)33-45(39-17-9-5-10-18-39,40-19-11-6-12-20-40)43-29-25-37(26-30-43)38-27-31-44(32-28-38)46(34-36(3)4,41-21-13-7-14-22-41)42-23-15-8-16-24-42/h5-6,9-12,17-20,25-26,29-30,38,41-42,44H,1,3,7-8,13-16,21-24,27-28,31-34H2,2,4H3. The van der Waals surface area contributed by atoms with Gasteiger partial charge in [0.15, 0.2) is 8.07 Å². The minimum atomic E-state index is -2.25. The topological polar surface area (TPSA) is 0 Å². The molecular weight excluding hydrogens is 585 g/mol. The Kier molecular flexibility index (Phi) is 11.1. The maximum Gasteiger partial charge on any atom is 0.152 e. The highest BCUT2D eigenvalue weighted by Gasteiger charge is 2.52. The van der Waals surface area contributed by atoms with Gasteiger partial charge in [0.1, 0.15) is 0 Å². The van der Waals surface area contributed by atoms with Crippen molar-refractivity contribution >= 4 is 31.7 Å². The average Bonchev–Trinajstić information content (AvgIpc) is 3.11. The summed E-state index contributed by atoms with van der Waals surface area (Å²) in [6.45, 7) is 13.7. The molecule has 0 atom stereocenters. The van der Waals surface area contributed by atoms with Crippen LogP contribution in [0.25, 0.3) is 0 Å². The van der Waals surface area contributed by atoms with Gasteiger partial charge in [0, 0.05) is 0 Å². The molecule has 0 spiro atoms. The summed E-state index contributed by atoms with van der Waals surface area (Å²) in [5, 5.41) is 4.50. The molecule has 6 rings (SSSR count). The minimum Gasteiger partial charge on any atom is -0.100 e. The van der Waals surface area contributed by atoms with Crippen LogP contribution in [0.15, 0.2) is 109 Å². The zero-order valence-corrected chi connectivity index (χ0v) is 31.1. The molecule has 3 aromatic carbocycles. The molecule has 0 heterocycles. The fourth-order valence-corrected chi connectivity index (χ4v) is 24.0. The Balaban J connectivity index is 1.27. The summed E-state index contributed by atoms with van der Waals surface area (Å²) in [6.07, 6.45) is 20.8. The molecule has 244 valence electrons. The third kappa shape index (κ3) is 6.90. The SMILES string of the molecule is C=C(C)C[Si](c1ccccc1)(c1ccccc1)c1ccc(C2CCC([Si](CC(=C)C)(C3CCCCC3)C3CCCCC3)CC2)cc1. The number of hydrogen-bond donors (Lipinski definition) is 0. The van der Waals surface area contributed by atoms with Gasteiger partial charge in [-0.05, 0) is 82.4 Å². The van der Waals surface area contributed by atoms with Crippen molar-refractivity contribution in [3.05, 3.63) is 115 Å². The van der Waals surface area contributed by atoms with E-state index in [1.807, 2.05) is 0 Å². The number of benzene rings is 3. The number of allylic oxidation sites excluding steroid dienone is 2. The van der Waals surface area contributed by atoms with E-state index in [0.29, 0.717) is 5.92 Å². The van der Waals surface area contributed by atoms with Crippen LogP contribution in [0.5, 0.6) is 0 Å². The summed E-state index contributed by atoms with van der Waals surface area (Å²) in [6, 6.07) is 35.3. The van der Waals surface area contributed by atoms with Crippen LogP contribution in [-0.4, -0.2) is 16.1 Å². The minimum absolute atomic E-state index is 0.713. The molecule has 0 radical (unpaired) electrons. The Labute approximate surface area is 283 Å². The Bertz CT molecular complexity index is 1340. The molecule has 0 saturated heterocycles. The van der Waals surface area contributed by atoms with E-state index in [1.54, 1.807) is 5.56 Å². The lowest BCUT2D eigenvalue weighted by atomic mass is 9.84. The molecule has 0 aromatic heterocycles. The monoisotopic (exact) mass is 644 g/mol. The van der Waals surface area contributed by atoms with E-state index in [-0.39, 0.29) is 0 Å². The Morgan fingerprint density at radius 2 is 0.913 bits per heavy atom. The van der Waals surface area contributed by atoms with Crippen LogP contribution in [0.3, 0.4) is 0 Å². The van der Waals surface area contributed by atoms with E-state index in [4.69, 9.17) is 0 Å². The zero-order chi connectivity index (χ0) is 32.0. The molecule has 2 heteroatoms. The largest absolute Gasteiger partial charge is 0.152 e. The highest BCUT2D eigenvalue weighted by atomic mass is 28.3. The van der Waals surface area contributed by atoms with Gasteiger partial charge in [-0.15, -0.1) is 13.2 Å². The third-order valence-electron chi connectivity index (χ3n) is 12.8. The van der Waals surface area contributed by atoms with Gasteiger partial charge in [0.05, 0.1) is 8.07 Å². The van der Waals surface area contributed by atoms with Crippen LogP contribution in [-0.2, 0) is 0 Å². The average molecular weight is 645 g/mol. The molecule has 3 fully saturated rings. The second-order valence-corrected chi connectivity index (χ2v) is 24.8. The Morgan fingerprint density at radius 3 is 1.35 bits per heavy atom. The molecule has 0 bridgehead atoms. The first-order chi connectivity index (χ1) is 22.4. The number of rotatable bonds is 11. The molecule has 0 nitrogen and oxygen atoms in total. The van der Waals surface area contributed by atoms with Crippen molar-refractivity contribution < 1.29 is 0 Å². The first kappa shape index (κ1) is 33.5. The second kappa shape index (κ2) is 15.2. The van der Waals surface area contributed by atoms with Crippen LogP contribution < -0.4 is 15.6 Å². The molecule has 46 heavy (non-hydrogen) atoms. The van der Waals surface area contributed by atoms with Gasteiger partial charge in [-0.25, -0.2) is 0 Å². The van der Waals surface area contributed by atoms with Crippen molar-refractivity contribution in [1.29, 1.82) is 0 Å². The fraction of sp³-hybridized carbons (Fsp3) is 0.500. The van der Waals surface area contributed by atoms with Gasteiger partial charge in [-0.1, -0.05) is 173 Å². The van der Waals surface area contributed by atoms with Gasteiger partial charge >= 0.3 is 0 Å². The lowest BCUT2D eigenvalue weighted by Gasteiger charge is -2.54. The van der Waals surface area contributed by atoms with Gasteiger partial charge in [-0.2, -0.15) is 0 Å². The van der Waals surface area contributed by atoms with Gasteiger partial charge in [0.25, 0.3) is 0 Å². The maximum atomic E-state index is 4.61. The molecular formula is C44H60Si2. The lowest BCUT2D eigenvalue weighted by molar-refractivity contribution is 0.394. The van der Waals surface area contributed by atoms with E-state index in [1.165, 1.54) is 123 Å². The van der Waals surface area contributed by atoms with Crippen LogP contribution in [0.2, 0.25) is 28.7 Å². The predicted molar refractivity (Wildman–Crippen MR) is 208 cm³/mol. The van der Waals surface area contributed by atoms with E-state index in [0.717, 1.165) is 22.7 Å². The summed E-state index contributed by atoms with van der Waals surface area (Å²) in [5.41, 5.74) is 7.51. The molecule has 3 aliphatic rings.